The maximum absolute atomic E-state index is 13.2. The minimum absolute atomic E-state index is 0.156. The third kappa shape index (κ3) is 7.37. The second-order valence-electron chi connectivity index (χ2n) is 8.55. The number of nitrogens with one attached hydrogen (secondary N) is 2. The Bertz CT molecular complexity index is 1440. The molecular weight excluding hydrogens is 534 g/mol. The van der Waals surface area contributed by atoms with E-state index in [4.69, 9.17) is 0 Å². The number of halogens is 6. The second-order valence-corrected chi connectivity index (χ2v) is 10.2. The van der Waals surface area contributed by atoms with Crippen molar-refractivity contribution in [3.8, 4) is 0 Å². The predicted molar refractivity (Wildman–Crippen MR) is 133 cm³/mol. The lowest BCUT2D eigenvalue weighted by atomic mass is 10.0. The summed E-state index contributed by atoms with van der Waals surface area (Å²) in [6.07, 6.45) is -8.49. The van der Waals surface area contributed by atoms with Crippen LogP contribution in [0.3, 0.4) is 0 Å². The van der Waals surface area contributed by atoms with Gasteiger partial charge < -0.3 is 5.32 Å². The van der Waals surface area contributed by atoms with E-state index in [2.05, 4.69) is 5.32 Å². The molecule has 0 aliphatic heterocycles. The zero-order valence-electron chi connectivity index (χ0n) is 20.0. The number of sulfonamides is 1. The summed E-state index contributed by atoms with van der Waals surface area (Å²) in [6.45, 7) is 3.87. The highest BCUT2D eigenvalue weighted by atomic mass is 32.2. The fourth-order valence-corrected chi connectivity index (χ4v) is 4.46. The molecule has 0 spiro atoms. The molecule has 0 unspecified atom stereocenters. The van der Waals surface area contributed by atoms with Crippen molar-refractivity contribution in [2.45, 2.75) is 32.1 Å². The van der Waals surface area contributed by atoms with E-state index in [1.807, 2.05) is 18.6 Å². The van der Waals surface area contributed by atoms with E-state index in [1.165, 1.54) is 12.1 Å². The maximum Gasteiger partial charge on any atom is 0.416 e. The Kier molecular flexibility index (Phi) is 8.25. The largest absolute Gasteiger partial charge is 0.416 e. The summed E-state index contributed by atoms with van der Waals surface area (Å²) in [5.41, 5.74) is -1.82. The van der Waals surface area contributed by atoms with Crippen molar-refractivity contribution >= 4 is 33.4 Å². The third-order valence-electron chi connectivity index (χ3n) is 5.30. The number of carbonyl (C=O) groups excluding carboxylic acids is 1. The van der Waals surface area contributed by atoms with Crippen LogP contribution >= 0.6 is 0 Å². The normalized spacial score (nSPS) is 12.9. The van der Waals surface area contributed by atoms with Crippen molar-refractivity contribution < 1.29 is 39.6 Å². The molecule has 0 atom stereocenters. The lowest BCUT2D eigenvalue weighted by molar-refractivity contribution is -0.138. The fraction of sp³-hybridized carbons (Fsp3) is 0.192. The molecule has 38 heavy (non-hydrogen) atoms. The van der Waals surface area contributed by atoms with Crippen molar-refractivity contribution in [2.24, 2.45) is 0 Å². The van der Waals surface area contributed by atoms with E-state index in [0.29, 0.717) is 12.1 Å². The van der Waals surface area contributed by atoms with Gasteiger partial charge >= 0.3 is 12.4 Å². The topological polar surface area (TPSA) is 75.3 Å². The maximum atomic E-state index is 13.2. The summed E-state index contributed by atoms with van der Waals surface area (Å²) in [6, 6.07) is 13.4. The van der Waals surface area contributed by atoms with E-state index in [-0.39, 0.29) is 17.2 Å². The van der Waals surface area contributed by atoms with E-state index in [9.17, 15) is 39.6 Å². The summed E-state index contributed by atoms with van der Waals surface area (Å²) in [4.78, 5) is 12.1. The first-order valence-corrected chi connectivity index (χ1v) is 12.5. The van der Waals surface area contributed by atoms with Crippen LogP contribution in [0.4, 0.5) is 37.7 Å². The molecule has 1 amide bonds. The summed E-state index contributed by atoms with van der Waals surface area (Å²) >= 11 is 0. The highest BCUT2D eigenvalue weighted by Crippen LogP contribution is 2.32. The fourth-order valence-electron chi connectivity index (χ4n) is 3.33. The van der Waals surface area contributed by atoms with Crippen LogP contribution in [0.25, 0.3) is 6.08 Å². The van der Waals surface area contributed by atoms with Crippen molar-refractivity contribution in [3.63, 3.8) is 0 Å². The Hall–Kier alpha value is -3.80. The zero-order valence-corrected chi connectivity index (χ0v) is 20.8. The molecule has 0 fully saturated rings. The summed E-state index contributed by atoms with van der Waals surface area (Å²) in [7, 11) is -4.81. The van der Waals surface area contributed by atoms with Crippen LogP contribution in [-0.2, 0) is 27.2 Å². The van der Waals surface area contributed by atoms with Crippen LogP contribution in [0.15, 0.2) is 77.7 Å². The molecular formula is C26H22F6N2O3S. The van der Waals surface area contributed by atoms with Crippen molar-refractivity contribution in [1.82, 2.24) is 0 Å². The van der Waals surface area contributed by atoms with Gasteiger partial charge in [-0.05, 0) is 59.5 Å². The predicted octanol–water partition coefficient (Wildman–Crippen LogP) is 7.27. The van der Waals surface area contributed by atoms with Gasteiger partial charge in [0.25, 0.3) is 15.9 Å². The summed E-state index contributed by atoms with van der Waals surface area (Å²) < 4.78 is 107. The number of amides is 1. The van der Waals surface area contributed by atoms with Gasteiger partial charge in [0.1, 0.15) is 0 Å². The van der Waals surface area contributed by atoms with Gasteiger partial charge in [-0.15, -0.1) is 0 Å². The third-order valence-corrected chi connectivity index (χ3v) is 6.69. The molecule has 5 nitrogen and oxygen atoms in total. The molecule has 3 aromatic carbocycles. The lowest BCUT2D eigenvalue weighted by Crippen LogP contribution is -2.25. The number of hydrogen-bond acceptors (Lipinski definition) is 3. The highest BCUT2D eigenvalue weighted by Gasteiger charge is 2.33. The number of alkyl halides is 6. The average molecular weight is 557 g/mol. The minimum atomic E-state index is -4.81. The minimum Gasteiger partial charge on any atom is -0.321 e. The van der Waals surface area contributed by atoms with Crippen LogP contribution in [0.5, 0.6) is 0 Å². The van der Waals surface area contributed by atoms with Gasteiger partial charge in [-0.25, -0.2) is 8.42 Å². The molecule has 3 rings (SSSR count). The molecule has 0 bridgehead atoms. The van der Waals surface area contributed by atoms with Crippen LogP contribution in [0.2, 0.25) is 0 Å². The van der Waals surface area contributed by atoms with Crippen LogP contribution in [-0.4, -0.2) is 14.3 Å². The SMILES string of the molecule is CC(C)c1ccc(C=C(C(=O)Nc2cccc(C(F)(F)F)c2)S(=O)(=O)Nc2cccc(C(F)(F)F)c2)cc1. The van der Waals surface area contributed by atoms with Crippen LogP contribution < -0.4 is 10.0 Å². The molecule has 0 aliphatic carbocycles. The molecule has 0 heterocycles. The molecule has 3 aromatic rings. The smallest absolute Gasteiger partial charge is 0.321 e. The number of rotatable bonds is 7. The molecule has 0 saturated heterocycles. The standard InChI is InChI=1S/C26H22F6N2O3S/c1-16(2)18-11-9-17(10-12-18)13-23(24(35)33-21-7-3-5-19(14-21)25(27,28)29)38(36,37)34-22-8-4-6-20(15-22)26(30,31)32/h3-16,34H,1-2H3,(H,33,35). The monoisotopic (exact) mass is 556 g/mol. The van der Waals surface area contributed by atoms with Crippen molar-refractivity contribution in [3.05, 3.63) is 100.0 Å². The Morgan fingerprint density at radius 1 is 0.789 bits per heavy atom. The molecule has 2 N–H and O–H groups in total. The van der Waals surface area contributed by atoms with Gasteiger partial charge in [-0.1, -0.05) is 50.2 Å². The molecule has 202 valence electrons. The van der Waals surface area contributed by atoms with Crippen LogP contribution in [0.1, 0.15) is 42.0 Å². The quantitative estimate of drug-likeness (QED) is 0.237. The van der Waals surface area contributed by atoms with Gasteiger partial charge in [-0.3, -0.25) is 9.52 Å². The first kappa shape index (κ1) is 28.8. The number of benzene rings is 3. The molecule has 0 aromatic heterocycles. The number of anilines is 2. The number of carbonyl (C=O) groups is 1. The second kappa shape index (κ2) is 10.9. The first-order chi connectivity index (χ1) is 17.6. The Balaban J connectivity index is 2.03. The molecule has 0 radical (unpaired) electrons. The van der Waals surface area contributed by atoms with E-state index < -0.39 is 50.0 Å². The van der Waals surface area contributed by atoms with Gasteiger partial charge in [0.15, 0.2) is 4.91 Å². The van der Waals surface area contributed by atoms with E-state index >= 15 is 0 Å². The Labute approximate surface area is 215 Å². The Morgan fingerprint density at radius 3 is 1.79 bits per heavy atom. The Morgan fingerprint density at radius 2 is 1.29 bits per heavy atom. The molecule has 0 saturated carbocycles. The summed E-state index contributed by atoms with van der Waals surface area (Å²) in [5, 5.41) is 2.13. The number of hydrogen-bond donors (Lipinski definition) is 2. The van der Waals surface area contributed by atoms with E-state index in [1.54, 1.807) is 12.1 Å². The highest BCUT2D eigenvalue weighted by molar-refractivity contribution is 7.97. The van der Waals surface area contributed by atoms with Crippen molar-refractivity contribution in [2.75, 3.05) is 10.0 Å². The van der Waals surface area contributed by atoms with Crippen molar-refractivity contribution in [1.29, 1.82) is 0 Å². The zero-order chi connectivity index (χ0) is 28.3. The lowest BCUT2D eigenvalue weighted by Gasteiger charge is -2.15. The van der Waals surface area contributed by atoms with Gasteiger partial charge in [-0.2, -0.15) is 26.3 Å². The van der Waals surface area contributed by atoms with Gasteiger partial charge in [0, 0.05) is 11.4 Å². The van der Waals surface area contributed by atoms with Gasteiger partial charge in [0.05, 0.1) is 11.1 Å². The van der Waals surface area contributed by atoms with Crippen LogP contribution in [0, 0.1) is 0 Å². The summed E-state index contributed by atoms with van der Waals surface area (Å²) in [5.74, 6) is -1.14. The molecule has 0 aliphatic rings. The van der Waals surface area contributed by atoms with E-state index in [0.717, 1.165) is 48.0 Å². The average Bonchev–Trinajstić information content (AvgIpc) is 2.81. The molecule has 12 heteroatoms. The first-order valence-electron chi connectivity index (χ1n) is 11.1. The van der Waals surface area contributed by atoms with Gasteiger partial charge in [0.2, 0.25) is 0 Å².